The van der Waals surface area contributed by atoms with Crippen LogP contribution >= 0.6 is 0 Å². The maximum absolute atomic E-state index is 15.3. The number of para-hydroxylation sites is 1. The minimum absolute atomic E-state index is 0.0257. The molecule has 176 valence electrons. The molecule has 0 saturated carbocycles. The van der Waals surface area contributed by atoms with Crippen LogP contribution in [0, 0.1) is 5.82 Å². The van der Waals surface area contributed by atoms with Gasteiger partial charge in [-0.2, -0.15) is 5.10 Å². The molecule has 0 bridgehead atoms. The van der Waals surface area contributed by atoms with Crippen molar-refractivity contribution in [1.82, 2.24) is 24.5 Å². The monoisotopic (exact) mass is 462 g/mol. The van der Waals surface area contributed by atoms with Gasteiger partial charge >= 0.3 is 0 Å². The number of ether oxygens (including phenoxy) is 2. The molecule has 34 heavy (non-hydrogen) atoms. The van der Waals surface area contributed by atoms with Gasteiger partial charge in [0.25, 0.3) is 0 Å². The lowest BCUT2D eigenvalue weighted by Crippen LogP contribution is -2.34. The molecule has 0 unspecified atom stereocenters. The minimum atomic E-state index is -0.464. The van der Waals surface area contributed by atoms with Crippen LogP contribution in [-0.2, 0) is 4.74 Å². The number of hydrogen-bond donors (Lipinski definition) is 1. The van der Waals surface area contributed by atoms with Gasteiger partial charge in [0.05, 0.1) is 12.7 Å². The molecule has 8 nitrogen and oxygen atoms in total. The molecule has 5 rings (SSSR count). The van der Waals surface area contributed by atoms with Gasteiger partial charge in [0.15, 0.2) is 5.82 Å². The van der Waals surface area contributed by atoms with E-state index in [9.17, 15) is 0 Å². The minimum Gasteiger partial charge on any atom is -0.457 e. The van der Waals surface area contributed by atoms with Gasteiger partial charge in [-0.05, 0) is 51.2 Å². The van der Waals surface area contributed by atoms with Crippen molar-refractivity contribution >= 4 is 11.3 Å². The van der Waals surface area contributed by atoms with Crippen molar-refractivity contribution in [2.45, 2.75) is 24.9 Å². The fraction of sp³-hybridized carbons (Fsp3) is 0.320. The maximum Gasteiger partial charge on any atom is 0.153 e. The molecule has 3 heterocycles. The van der Waals surface area contributed by atoms with Crippen molar-refractivity contribution in [3.63, 3.8) is 0 Å². The van der Waals surface area contributed by atoms with E-state index in [4.69, 9.17) is 20.2 Å². The van der Waals surface area contributed by atoms with Gasteiger partial charge in [0.1, 0.15) is 40.7 Å². The molecule has 0 amide bonds. The Bertz CT molecular complexity index is 1290. The lowest BCUT2D eigenvalue weighted by molar-refractivity contribution is -0.0106. The lowest BCUT2D eigenvalue weighted by Gasteiger charge is -2.29. The summed E-state index contributed by atoms with van der Waals surface area (Å²) in [4.78, 5) is 11.1. The first-order valence-electron chi connectivity index (χ1n) is 11.3. The predicted molar refractivity (Wildman–Crippen MR) is 127 cm³/mol. The van der Waals surface area contributed by atoms with Crippen molar-refractivity contribution in [2.24, 2.45) is 0 Å². The second-order valence-electron chi connectivity index (χ2n) is 8.77. The summed E-state index contributed by atoms with van der Waals surface area (Å²) >= 11 is 0. The van der Waals surface area contributed by atoms with E-state index in [2.05, 4.69) is 15.0 Å². The zero-order valence-electron chi connectivity index (χ0n) is 19.2. The van der Waals surface area contributed by atoms with Gasteiger partial charge in [-0.25, -0.2) is 18.9 Å². The number of anilines is 1. The summed E-state index contributed by atoms with van der Waals surface area (Å²) in [5.74, 6) is 1.54. The zero-order chi connectivity index (χ0) is 23.7. The summed E-state index contributed by atoms with van der Waals surface area (Å²) in [5.41, 5.74) is 7.41. The van der Waals surface area contributed by atoms with Gasteiger partial charge < -0.3 is 20.1 Å². The van der Waals surface area contributed by atoms with Crippen molar-refractivity contribution in [3.05, 3.63) is 66.5 Å². The number of nitrogens with two attached hydrogens (primary N) is 1. The molecule has 9 heteroatoms. The SMILES string of the molecule is CN(C)C[C@@H]1CC[C@H](c2nc(-c3ccc(Oc4ccccc4)cc3F)c3c(N)ncnn23)CO1. The average Bonchev–Trinajstić information content (AvgIpc) is 3.21. The second kappa shape index (κ2) is 9.36. The van der Waals surface area contributed by atoms with Crippen LogP contribution in [0.3, 0.4) is 0 Å². The number of fused-ring (bicyclic) bond motifs is 1. The Labute approximate surface area is 197 Å². The summed E-state index contributed by atoms with van der Waals surface area (Å²) < 4.78 is 28.8. The molecular formula is C25H27FN6O2. The third-order valence-electron chi connectivity index (χ3n) is 5.96. The summed E-state index contributed by atoms with van der Waals surface area (Å²) in [5, 5.41) is 4.39. The molecule has 0 aliphatic carbocycles. The first kappa shape index (κ1) is 22.2. The van der Waals surface area contributed by atoms with Gasteiger partial charge in [0.2, 0.25) is 0 Å². The second-order valence-corrected chi connectivity index (χ2v) is 8.77. The standard InChI is InChI=1S/C25H27FN6O2/c1-31(2)13-19-9-8-16(14-33-19)25-30-22(23-24(27)28-15-29-32(23)25)20-11-10-18(12-21(20)26)34-17-6-4-3-5-7-17/h3-7,10-12,15-16,19H,8-9,13-14H2,1-2H3,(H2,27,28,29)/t16-,19-/m0/s1. The van der Waals surface area contributed by atoms with E-state index in [0.29, 0.717) is 40.7 Å². The number of aromatic nitrogens is 4. The van der Waals surface area contributed by atoms with Crippen molar-refractivity contribution in [1.29, 1.82) is 0 Å². The van der Waals surface area contributed by atoms with Crippen LogP contribution in [-0.4, -0.2) is 57.8 Å². The van der Waals surface area contributed by atoms with Crippen LogP contribution in [0.4, 0.5) is 10.2 Å². The molecule has 2 atom stereocenters. The summed E-state index contributed by atoms with van der Waals surface area (Å²) in [6.45, 7) is 1.39. The van der Waals surface area contributed by atoms with E-state index in [-0.39, 0.29) is 17.8 Å². The van der Waals surface area contributed by atoms with E-state index < -0.39 is 5.82 Å². The van der Waals surface area contributed by atoms with Crippen molar-refractivity contribution in [3.8, 4) is 22.8 Å². The highest BCUT2D eigenvalue weighted by atomic mass is 19.1. The third kappa shape index (κ3) is 4.44. The lowest BCUT2D eigenvalue weighted by atomic mass is 9.97. The Balaban J connectivity index is 1.47. The molecule has 0 spiro atoms. The molecule has 1 aliphatic heterocycles. The van der Waals surface area contributed by atoms with Gasteiger partial charge in [-0.3, -0.25) is 0 Å². The average molecular weight is 463 g/mol. The van der Waals surface area contributed by atoms with Gasteiger partial charge in [-0.15, -0.1) is 0 Å². The van der Waals surface area contributed by atoms with Crippen LogP contribution in [0.2, 0.25) is 0 Å². The number of hydrogen-bond acceptors (Lipinski definition) is 7. The summed E-state index contributed by atoms with van der Waals surface area (Å²) in [7, 11) is 4.07. The van der Waals surface area contributed by atoms with E-state index in [1.54, 1.807) is 16.6 Å². The number of rotatable bonds is 6. The van der Waals surface area contributed by atoms with Crippen LogP contribution in [0.25, 0.3) is 16.8 Å². The predicted octanol–water partition coefficient (Wildman–Crippen LogP) is 4.13. The Morgan fingerprint density at radius 3 is 2.68 bits per heavy atom. The third-order valence-corrected chi connectivity index (χ3v) is 5.96. The van der Waals surface area contributed by atoms with Crippen LogP contribution < -0.4 is 10.5 Å². The van der Waals surface area contributed by atoms with E-state index in [0.717, 1.165) is 19.4 Å². The highest BCUT2D eigenvalue weighted by Crippen LogP contribution is 2.36. The van der Waals surface area contributed by atoms with Crippen LogP contribution in [0.1, 0.15) is 24.6 Å². The number of likely N-dealkylation sites (N-methyl/N-ethyl adjacent to an activating group) is 1. The summed E-state index contributed by atoms with van der Waals surface area (Å²) in [6.07, 6.45) is 3.38. The maximum atomic E-state index is 15.3. The Kier molecular flexibility index (Phi) is 6.12. The van der Waals surface area contributed by atoms with E-state index >= 15 is 4.39 Å². The number of benzene rings is 2. The van der Waals surface area contributed by atoms with Crippen molar-refractivity contribution < 1.29 is 13.9 Å². The largest absolute Gasteiger partial charge is 0.457 e. The number of nitrogen functional groups attached to an aromatic ring is 1. The molecule has 1 fully saturated rings. The molecule has 1 aliphatic rings. The first-order valence-corrected chi connectivity index (χ1v) is 11.3. The molecule has 1 saturated heterocycles. The normalized spacial score (nSPS) is 18.5. The first-order chi connectivity index (χ1) is 16.5. The zero-order valence-corrected chi connectivity index (χ0v) is 19.2. The number of nitrogens with zero attached hydrogens (tertiary/aromatic N) is 5. The number of imidazole rings is 1. The summed E-state index contributed by atoms with van der Waals surface area (Å²) in [6, 6.07) is 14.0. The van der Waals surface area contributed by atoms with Crippen LogP contribution in [0.5, 0.6) is 11.5 Å². The smallest absolute Gasteiger partial charge is 0.153 e. The van der Waals surface area contributed by atoms with Gasteiger partial charge in [0, 0.05) is 24.1 Å². The Morgan fingerprint density at radius 2 is 1.97 bits per heavy atom. The molecule has 2 aromatic heterocycles. The van der Waals surface area contributed by atoms with Crippen LogP contribution in [0.15, 0.2) is 54.9 Å². The Hall–Kier alpha value is -3.56. The molecule has 2 aromatic carbocycles. The Morgan fingerprint density at radius 1 is 1.15 bits per heavy atom. The van der Waals surface area contributed by atoms with E-state index in [1.165, 1.54) is 12.4 Å². The fourth-order valence-corrected chi connectivity index (χ4v) is 4.37. The molecule has 0 radical (unpaired) electrons. The molecule has 2 N–H and O–H groups in total. The van der Waals surface area contributed by atoms with Crippen molar-refractivity contribution in [2.75, 3.05) is 33.0 Å². The highest BCUT2D eigenvalue weighted by molar-refractivity contribution is 5.85. The number of halogens is 1. The topological polar surface area (TPSA) is 90.8 Å². The fourth-order valence-electron chi connectivity index (χ4n) is 4.37. The quantitative estimate of drug-likeness (QED) is 0.461. The van der Waals surface area contributed by atoms with E-state index in [1.807, 2.05) is 44.4 Å². The molecular weight excluding hydrogens is 435 g/mol. The molecule has 4 aromatic rings. The van der Waals surface area contributed by atoms with Gasteiger partial charge in [-0.1, -0.05) is 18.2 Å². The highest BCUT2D eigenvalue weighted by Gasteiger charge is 2.29.